The Morgan fingerprint density at radius 2 is 2.06 bits per heavy atom. The van der Waals surface area contributed by atoms with Gasteiger partial charge in [-0.05, 0) is 34.1 Å². The fraction of sp³-hybridized carbons (Fsp3) is 0.333. The first kappa shape index (κ1) is 15.3. The van der Waals surface area contributed by atoms with Crippen LogP contribution in [0.3, 0.4) is 0 Å². The molecular formula is C9H11BrF2N2O3S. The quantitative estimate of drug-likeness (QED) is 0.693. The minimum absolute atomic E-state index is 0.169. The molecule has 0 aliphatic heterocycles. The fourth-order valence-corrected chi connectivity index (χ4v) is 3.22. The molecule has 0 aliphatic rings. The topological polar surface area (TPSA) is 92.4 Å². The van der Waals surface area contributed by atoms with Gasteiger partial charge in [0.15, 0.2) is 0 Å². The van der Waals surface area contributed by atoms with Crippen LogP contribution in [0.2, 0.25) is 0 Å². The van der Waals surface area contributed by atoms with Crippen LogP contribution in [0, 0.1) is 0 Å². The molecule has 0 radical (unpaired) electrons. The Morgan fingerprint density at radius 1 is 1.44 bits per heavy atom. The van der Waals surface area contributed by atoms with Gasteiger partial charge in [0.1, 0.15) is 6.61 Å². The normalized spacial score (nSPS) is 12.7. The van der Waals surface area contributed by atoms with Crippen LogP contribution >= 0.6 is 15.9 Å². The van der Waals surface area contributed by atoms with Crippen molar-refractivity contribution in [3.8, 4) is 0 Å². The molecule has 9 heteroatoms. The highest BCUT2D eigenvalue weighted by Crippen LogP contribution is 2.24. The second-order valence-electron chi connectivity index (χ2n) is 3.53. The van der Waals surface area contributed by atoms with Crippen molar-refractivity contribution in [2.75, 3.05) is 18.9 Å². The summed E-state index contributed by atoms with van der Waals surface area (Å²) >= 11 is 2.98. The highest BCUT2D eigenvalue weighted by atomic mass is 79.9. The number of hydrogen-bond donors (Lipinski definition) is 3. The van der Waals surface area contributed by atoms with Crippen LogP contribution in [0.25, 0.3) is 0 Å². The van der Waals surface area contributed by atoms with Gasteiger partial charge >= 0.3 is 0 Å². The summed E-state index contributed by atoms with van der Waals surface area (Å²) in [6.07, 6.45) is 0. The summed E-state index contributed by atoms with van der Waals surface area (Å²) < 4.78 is 50.9. The molecule has 0 saturated heterocycles. The van der Waals surface area contributed by atoms with Gasteiger partial charge in [-0.1, -0.05) is 0 Å². The van der Waals surface area contributed by atoms with Gasteiger partial charge in [-0.25, -0.2) is 21.9 Å². The molecule has 0 saturated carbocycles. The summed E-state index contributed by atoms with van der Waals surface area (Å²) in [5.41, 5.74) is 5.77. The Labute approximate surface area is 111 Å². The molecule has 1 aromatic carbocycles. The molecule has 0 spiro atoms. The Hall–Kier alpha value is -0.770. The molecule has 1 aromatic rings. The lowest BCUT2D eigenvalue weighted by Crippen LogP contribution is -2.39. The van der Waals surface area contributed by atoms with Crippen molar-refractivity contribution in [3.05, 3.63) is 22.7 Å². The first-order valence-corrected chi connectivity index (χ1v) is 6.99. The van der Waals surface area contributed by atoms with E-state index in [1.54, 1.807) is 4.72 Å². The second-order valence-corrected chi connectivity index (χ2v) is 6.12. The molecule has 0 aromatic heterocycles. The van der Waals surface area contributed by atoms with Crippen LogP contribution in [-0.2, 0) is 10.0 Å². The number of sulfonamides is 1. The van der Waals surface area contributed by atoms with E-state index in [1.165, 1.54) is 18.2 Å². The number of rotatable bonds is 5. The number of nitrogens with two attached hydrogens (primary N) is 1. The number of benzene rings is 1. The molecule has 18 heavy (non-hydrogen) atoms. The number of hydrogen-bond acceptors (Lipinski definition) is 4. The molecule has 1 rings (SSSR count). The van der Waals surface area contributed by atoms with Gasteiger partial charge in [-0.3, -0.25) is 0 Å². The van der Waals surface area contributed by atoms with E-state index in [1.807, 2.05) is 0 Å². The third-order valence-electron chi connectivity index (χ3n) is 2.00. The minimum atomic E-state index is -4.09. The van der Waals surface area contributed by atoms with Crippen LogP contribution in [0.1, 0.15) is 0 Å². The van der Waals surface area contributed by atoms with Crippen molar-refractivity contribution < 1.29 is 22.3 Å². The molecule has 0 aliphatic carbocycles. The van der Waals surface area contributed by atoms with Crippen LogP contribution < -0.4 is 10.5 Å². The summed E-state index contributed by atoms with van der Waals surface area (Å²) in [5, 5.41) is 8.34. The number of anilines is 1. The van der Waals surface area contributed by atoms with Crippen molar-refractivity contribution in [2.45, 2.75) is 10.8 Å². The van der Waals surface area contributed by atoms with E-state index in [-0.39, 0.29) is 9.37 Å². The summed E-state index contributed by atoms with van der Waals surface area (Å²) in [5.74, 6) is -3.51. The third-order valence-corrected chi connectivity index (χ3v) is 4.38. The predicted octanol–water partition coefficient (Wildman–Crippen LogP) is 0.937. The molecule has 0 atom stereocenters. The number of halogens is 3. The molecule has 4 N–H and O–H groups in total. The molecule has 102 valence electrons. The fourth-order valence-electron chi connectivity index (χ4n) is 1.07. The second kappa shape index (κ2) is 5.47. The lowest BCUT2D eigenvalue weighted by atomic mass is 10.3. The molecular weight excluding hydrogens is 334 g/mol. The highest BCUT2D eigenvalue weighted by molar-refractivity contribution is 9.10. The number of alkyl halides is 2. The highest BCUT2D eigenvalue weighted by Gasteiger charge is 2.30. The lowest BCUT2D eigenvalue weighted by Gasteiger charge is -2.14. The SMILES string of the molecule is Nc1ccc(S(=O)(=O)NCC(F)(F)CO)c(Br)c1. The van der Waals surface area contributed by atoms with E-state index < -0.39 is 29.1 Å². The molecule has 0 heterocycles. The first-order valence-electron chi connectivity index (χ1n) is 4.71. The maximum Gasteiger partial charge on any atom is 0.283 e. The van der Waals surface area contributed by atoms with Gasteiger partial charge in [0, 0.05) is 10.2 Å². The molecule has 0 unspecified atom stereocenters. The standard InChI is InChI=1S/C9H11BrF2N2O3S/c10-7-3-6(13)1-2-8(7)18(16,17)14-4-9(11,12)5-15/h1-3,14-15H,4-5,13H2. The van der Waals surface area contributed by atoms with Gasteiger partial charge in [0.2, 0.25) is 10.0 Å². The Morgan fingerprint density at radius 3 is 2.56 bits per heavy atom. The lowest BCUT2D eigenvalue weighted by molar-refractivity contribution is -0.0437. The average Bonchev–Trinajstić information content (AvgIpc) is 2.26. The van der Waals surface area contributed by atoms with Crippen LogP contribution in [-0.4, -0.2) is 32.6 Å². The van der Waals surface area contributed by atoms with Crippen LogP contribution in [0.4, 0.5) is 14.5 Å². The minimum Gasteiger partial charge on any atom is -0.399 e. The van der Waals surface area contributed by atoms with E-state index in [4.69, 9.17) is 10.8 Å². The summed E-state index contributed by atoms with van der Waals surface area (Å²) in [6, 6.07) is 3.88. The number of aliphatic hydroxyl groups excluding tert-OH is 1. The Kier molecular flexibility index (Phi) is 4.65. The van der Waals surface area contributed by atoms with Gasteiger partial charge < -0.3 is 10.8 Å². The van der Waals surface area contributed by atoms with E-state index in [0.29, 0.717) is 5.69 Å². The number of nitrogen functional groups attached to an aromatic ring is 1. The Bertz CT molecular complexity index is 537. The van der Waals surface area contributed by atoms with Gasteiger partial charge in [0.25, 0.3) is 5.92 Å². The zero-order valence-corrected chi connectivity index (χ0v) is 11.4. The molecule has 0 bridgehead atoms. The molecule has 0 fully saturated rings. The maximum atomic E-state index is 12.8. The number of aliphatic hydroxyl groups is 1. The van der Waals surface area contributed by atoms with Crippen molar-refractivity contribution in [1.29, 1.82) is 0 Å². The van der Waals surface area contributed by atoms with Gasteiger partial charge in [-0.2, -0.15) is 0 Å². The van der Waals surface area contributed by atoms with Crippen molar-refractivity contribution >= 4 is 31.6 Å². The van der Waals surface area contributed by atoms with Crippen molar-refractivity contribution in [1.82, 2.24) is 4.72 Å². The molecule has 0 amide bonds. The van der Waals surface area contributed by atoms with Gasteiger partial charge in [0.05, 0.1) is 11.4 Å². The van der Waals surface area contributed by atoms with E-state index in [2.05, 4.69) is 15.9 Å². The average molecular weight is 345 g/mol. The predicted molar refractivity (Wildman–Crippen MR) is 65.8 cm³/mol. The summed E-state index contributed by atoms with van der Waals surface area (Å²) in [6.45, 7) is -2.61. The monoisotopic (exact) mass is 344 g/mol. The zero-order valence-electron chi connectivity index (χ0n) is 9.03. The van der Waals surface area contributed by atoms with Crippen molar-refractivity contribution in [3.63, 3.8) is 0 Å². The maximum absolute atomic E-state index is 12.8. The third kappa shape index (κ3) is 3.87. The zero-order chi connectivity index (χ0) is 14.0. The van der Waals surface area contributed by atoms with E-state index >= 15 is 0 Å². The van der Waals surface area contributed by atoms with Crippen molar-refractivity contribution in [2.24, 2.45) is 0 Å². The van der Waals surface area contributed by atoms with Crippen LogP contribution in [0.5, 0.6) is 0 Å². The summed E-state index contributed by atoms with van der Waals surface area (Å²) in [4.78, 5) is -0.203. The largest absolute Gasteiger partial charge is 0.399 e. The smallest absolute Gasteiger partial charge is 0.283 e. The van der Waals surface area contributed by atoms with E-state index in [0.717, 1.165) is 0 Å². The van der Waals surface area contributed by atoms with Gasteiger partial charge in [-0.15, -0.1) is 0 Å². The Balaban J connectivity index is 2.94. The molecule has 5 nitrogen and oxygen atoms in total. The van der Waals surface area contributed by atoms with Crippen LogP contribution in [0.15, 0.2) is 27.6 Å². The number of nitrogens with one attached hydrogen (secondary N) is 1. The summed E-state index contributed by atoms with van der Waals surface area (Å²) in [7, 11) is -4.09. The first-order chi connectivity index (χ1) is 8.18. The van der Waals surface area contributed by atoms with E-state index in [9.17, 15) is 17.2 Å².